The third-order valence-electron chi connectivity index (χ3n) is 3.37. The van der Waals surface area contributed by atoms with Crippen molar-refractivity contribution in [2.45, 2.75) is 19.4 Å². The molecule has 1 atom stereocenters. The van der Waals surface area contributed by atoms with Crippen molar-refractivity contribution in [1.29, 1.82) is 0 Å². The van der Waals surface area contributed by atoms with Crippen LogP contribution in [-0.4, -0.2) is 54.2 Å². The van der Waals surface area contributed by atoms with Gasteiger partial charge in [0.25, 0.3) is 0 Å². The molecule has 2 rings (SSSR count). The largest absolute Gasteiger partial charge is 0.508 e. The van der Waals surface area contributed by atoms with E-state index in [2.05, 4.69) is 5.32 Å². The maximum atomic E-state index is 12.4. The number of hydrogen-bond donors (Lipinski definition) is 2. The second-order valence-corrected chi connectivity index (χ2v) is 4.92. The Hall–Kier alpha value is -2.08. The fraction of sp³-hybridized carbons (Fsp3) is 0.467. The van der Waals surface area contributed by atoms with Gasteiger partial charge in [-0.25, -0.2) is 0 Å². The highest BCUT2D eigenvalue weighted by atomic mass is 16.5. The Balaban J connectivity index is 2.06. The normalized spacial score (nSPS) is 18.3. The summed E-state index contributed by atoms with van der Waals surface area (Å²) < 4.78 is 5.30. The number of nitrogens with one attached hydrogen (secondary N) is 1. The van der Waals surface area contributed by atoms with Crippen molar-refractivity contribution >= 4 is 11.8 Å². The standard InChI is InChI=1S/C15H20N2O4/c1-2-16-15(20)13-10-21-7-6-17(13)14(19)9-11-4-3-5-12(18)8-11/h3-5,8,13,18H,2,6-7,9-10H2,1H3,(H,16,20). The minimum absolute atomic E-state index is 0.127. The van der Waals surface area contributed by atoms with Gasteiger partial charge < -0.3 is 20.1 Å². The zero-order valence-electron chi connectivity index (χ0n) is 12.0. The Morgan fingerprint density at radius 1 is 1.48 bits per heavy atom. The number of ether oxygens (including phenoxy) is 1. The smallest absolute Gasteiger partial charge is 0.245 e. The molecule has 1 heterocycles. The van der Waals surface area contributed by atoms with Gasteiger partial charge in [0.15, 0.2) is 0 Å². The number of carbonyl (C=O) groups excluding carboxylic acids is 2. The van der Waals surface area contributed by atoms with E-state index in [4.69, 9.17) is 4.74 Å². The minimum atomic E-state index is -0.580. The molecule has 0 saturated carbocycles. The third kappa shape index (κ3) is 3.95. The average Bonchev–Trinajstić information content (AvgIpc) is 2.47. The lowest BCUT2D eigenvalue weighted by Crippen LogP contribution is -2.56. The predicted octanol–water partition coefficient (Wildman–Crippen LogP) is 0.298. The van der Waals surface area contributed by atoms with Crippen molar-refractivity contribution < 1.29 is 19.4 Å². The summed E-state index contributed by atoms with van der Waals surface area (Å²) in [7, 11) is 0. The van der Waals surface area contributed by atoms with Crippen LogP contribution in [-0.2, 0) is 20.7 Å². The van der Waals surface area contributed by atoms with Gasteiger partial charge in [0, 0.05) is 13.1 Å². The first kappa shape index (κ1) is 15.3. The first-order valence-corrected chi connectivity index (χ1v) is 7.04. The van der Waals surface area contributed by atoms with Gasteiger partial charge in [0.1, 0.15) is 11.8 Å². The van der Waals surface area contributed by atoms with Crippen LogP contribution in [0.2, 0.25) is 0 Å². The van der Waals surface area contributed by atoms with Crippen molar-refractivity contribution in [2.75, 3.05) is 26.3 Å². The van der Waals surface area contributed by atoms with Crippen molar-refractivity contribution in [2.24, 2.45) is 0 Å². The molecule has 1 unspecified atom stereocenters. The lowest BCUT2D eigenvalue weighted by atomic mass is 10.1. The second kappa shape index (κ2) is 7.08. The van der Waals surface area contributed by atoms with Crippen LogP contribution < -0.4 is 5.32 Å². The molecular formula is C15H20N2O4. The zero-order chi connectivity index (χ0) is 15.2. The second-order valence-electron chi connectivity index (χ2n) is 4.92. The van der Waals surface area contributed by atoms with Gasteiger partial charge in [0.2, 0.25) is 11.8 Å². The van der Waals surface area contributed by atoms with Gasteiger partial charge in [0.05, 0.1) is 19.6 Å². The fourth-order valence-electron chi connectivity index (χ4n) is 2.35. The molecule has 2 amide bonds. The van der Waals surface area contributed by atoms with Crippen molar-refractivity contribution in [3.05, 3.63) is 29.8 Å². The number of aromatic hydroxyl groups is 1. The Morgan fingerprint density at radius 2 is 2.29 bits per heavy atom. The summed E-state index contributed by atoms with van der Waals surface area (Å²) >= 11 is 0. The summed E-state index contributed by atoms with van der Waals surface area (Å²) in [6, 6.07) is 6.00. The summed E-state index contributed by atoms with van der Waals surface area (Å²) in [5.74, 6) is -0.204. The molecule has 0 radical (unpaired) electrons. The van der Waals surface area contributed by atoms with E-state index in [0.717, 1.165) is 5.56 Å². The molecule has 1 aromatic carbocycles. The topological polar surface area (TPSA) is 78.9 Å². The van der Waals surface area contributed by atoms with Crippen LogP contribution in [0.4, 0.5) is 0 Å². The van der Waals surface area contributed by atoms with Crippen LogP contribution in [0, 0.1) is 0 Å². The molecule has 6 heteroatoms. The van der Waals surface area contributed by atoms with E-state index in [-0.39, 0.29) is 30.6 Å². The Bertz CT molecular complexity index is 518. The Morgan fingerprint density at radius 3 is 3.00 bits per heavy atom. The van der Waals surface area contributed by atoms with Gasteiger partial charge >= 0.3 is 0 Å². The summed E-state index contributed by atoms with van der Waals surface area (Å²) in [5, 5.41) is 12.2. The highest BCUT2D eigenvalue weighted by Gasteiger charge is 2.32. The third-order valence-corrected chi connectivity index (χ3v) is 3.37. The van der Waals surface area contributed by atoms with E-state index in [1.165, 1.54) is 0 Å². The maximum absolute atomic E-state index is 12.4. The molecule has 114 valence electrons. The minimum Gasteiger partial charge on any atom is -0.508 e. The van der Waals surface area contributed by atoms with Crippen LogP contribution in [0.3, 0.4) is 0 Å². The zero-order valence-corrected chi connectivity index (χ0v) is 12.0. The Kier molecular flexibility index (Phi) is 5.16. The van der Waals surface area contributed by atoms with Crippen LogP contribution in [0.1, 0.15) is 12.5 Å². The van der Waals surface area contributed by atoms with E-state index in [1.807, 2.05) is 6.92 Å². The van der Waals surface area contributed by atoms with Crippen LogP contribution in [0.15, 0.2) is 24.3 Å². The lowest BCUT2D eigenvalue weighted by Gasteiger charge is -2.34. The molecule has 21 heavy (non-hydrogen) atoms. The van der Waals surface area contributed by atoms with E-state index in [9.17, 15) is 14.7 Å². The number of likely N-dealkylation sites (N-methyl/N-ethyl adjacent to an activating group) is 1. The molecule has 0 aromatic heterocycles. The highest BCUT2D eigenvalue weighted by molar-refractivity contribution is 5.88. The highest BCUT2D eigenvalue weighted by Crippen LogP contribution is 2.14. The average molecular weight is 292 g/mol. The summed E-state index contributed by atoms with van der Waals surface area (Å²) in [6.45, 7) is 3.41. The molecule has 1 aliphatic rings. The molecule has 1 aromatic rings. The summed E-state index contributed by atoms with van der Waals surface area (Å²) in [4.78, 5) is 26.0. The number of nitrogens with zero attached hydrogens (tertiary/aromatic N) is 1. The number of rotatable bonds is 4. The molecule has 0 spiro atoms. The number of hydrogen-bond acceptors (Lipinski definition) is 4. The van der Waals surface area contributed by atoms with Gasteiger partial charge in [-0.3, -0.25) is 9.59 Å². The summed E-state index contributed by atoms with van der Waals surface area (Å²) in [5.41, 5.74) is 0.723. The number of phenols is 1. The van der Waals surface area contributed by atoms with E-state index < -0.39 is 6.04 Å². The lowest BCUT2D eigenvalue weighted by molar-refractivity contribution is -0.148. The number of carbonyl (C=O) groups is 2. The predicted molar refractivity (Wildman–Crippen MR) is 76.8 cm³/mol. The van der Waals surface area contributed by atoms with Crippen LogP contribution in [0.5, 0.6) is 5.75 Å². The van der Waals surface area contributed by atoms with Gasteiger partial charge in [-0.1, -0.05) is 12.1 Å². The van der Waals surface area contributed by atoms with Gasteiger partial charge in [-0.2, -0.15) is 0 Å². The number of benzene rings is 1. The molecule has 1 fully saturated rings. The summed E-state index contributed by atoms with van der Waals surface area (Å²) in [6.07, 6.45) is 0.157. The Labute approximate surface area is 123 Å². The molecule has 1 aliphatic heterocycles. The van der Waals surface area contributed by atoms with Crippen molar-refractivity contribution in [3.63, 3.8) is 0 Å². The molecule has 1 saturated heterocycles. The molecule has 0 aliphatic carbocycles. The van der Waals surface area contributed by atoms with Crippen molar-refractivity contribution in [1.82, 2.24) is 10.2 Å². The number of phenolic OH excluding ortho intramolecular Hbond substituents is 1. The van der Waals surface area contributed by atoms with Gasteiger partial charge in [-0.05, 0) is 24.6 Å². The van der Waals surface area contributed by atoms with Crippen LogP contribution >= 0.6 is 0 Å². The molecule has 2 N–H and O–H groups in total. The first-order chi connectivity index (χ1) is 10.1. The first-order valence-electron chi connectivity index (χ1n) is 7.04. The van der Waals surface area contributed by atoms with E-state index in [1.54, 1.807) is 29.2 Å². The SMILES string of the molecule is CCNC(=O)C1COCCN1C(=O)Cc1cccc(O)c1. The monoisotopic (exact) mass is 292 g/mol. The quantitative estimate of drug-likeness (QED) is 0.836. The molecular weight excluding hydrogens is 272 g/mol. The fourth-order valence-corrected chi connectivity index (χ4v) is 2.35. The van der Waals surface area contributed by atoms with E-state index in [0.29, 0.717) is 19.7 Å². The van der Waals surface area contributed by atoms with Gasteiger partial charge in [-0.15, -0.1) is 0 Å². The van der Waals surface area contributed by atoms with E-state index >= 15 is 0 Å². The van der Waals surface area contributed by atoms with Crippen molar-refractivity contribution in [3.8, 4) is 5.75 Å². The molecule has 6 nitrogen and oxygen atoms in total. The maximum Gasteiger partial charge on any atom is 0.245 e. The van der Waals surface area contributed by atoms with Crippen LogP contribution in [0.25, 0.3) is 0 Å². The number of amides is 2. The number of morpholine rings is 1. The molecule has 0 bridgehead atoms.